The number of thioether (sulfide) groups is 1. The number of aliphatic hydroxyl groups is 1. The number of hydrogen-bond donors (Lipinski definition) is 2. The molecule has 0 unspecified atom stereocenters. The fourth-order valence-corrected chi connectivity index (χ4v) is 2.93. The lowest BCUT2D eigenvalue weighted by Gasteiger charge is -2.13. The molecule has 5 nitrogen and oxygen atoms in total. The van der Waals surface area contributed by atoms with E-state index in [1.54, 1.807) is 6.07 Å². The monoisotopic (exact) mass is 276 g/mol. The second-order valence-corrected chi connectivity index (χ2v) is 6.85. The van der Waals surface area contributed by atoms with Gasteiger partial charge in [0.05, 0.1) is 11.5 Å². The molecule has 17 heavy (non-hydrogen) atoms. The van der Waals surface area contributed by atoms with Crippen molar-refractivity contribution in [2.45, 2.75) is 9.79 Å². The van der Waals surface area contributed by atoms with Crippen molar-refractivity contribution in [1.82, 2.24) is 4.31 Å². The lowest BCUT2D eigenvalue weighted by atomic mass is 10.3. The maximum atomic E-state index is 11.9. The van der Waals surface area contributed by atoms with E-state index in [4.69, 9.17) is 10.8 Å². The van der Waals surface area contributed by atoms with Crippen LogP contribution in [0.4, 0.5) is 5.69 Å². The van der Waals surface area contributed by atoms with Gasteiger partial charge >= 0.3 is 0 Å². The van der Waals surface area contributed by atoms with E-state index in [1.807, 2.05) is 0 Å². The zero-order valence-electron chi connectivity index (χ0n) is 9.75. The fourth-order valence-electron chi connectivity index (χ4n) is 1.17. The van der Waals surface area contributed by atoms with E-state index in [0.29, 0.717) is 16.3 Å². The second kappa shape index (κ2) is 5.72. The van der Waals surface area contributed by atoms with Crippen molar-refractivity contribution >= 4 is 27.5 Å². The molecule has 3 N–H and O–H groups in total. The van der Waals surface area contributed by atoms with Crippen LogP contribution >= 0.6 is 11.8 Å². The number of nitrogen functional groups attached to an aromatic ring is 1. The fraction of sp³-hybridized carbons (Fsp3) is 0.400. The lowest BCUT2D eigenvalue weighted by molar-refractivity contribution is 0.322. The maximum absolute atomic E-state index is 11.9. The molecule has 0 fully saturated rings. The van der Waals surface area contributed by atoms with Crippen LogP contribution in [0.25, 0.3) is 0 Å². The third-order valence-electron chi connectivity index (χ3n) is 2.11. The van der Waals surface area contributed by atoms with E-state index in [2.05, 4.69) is 0 Å². The zero-order chi connectivity index (χ0) is 13.1. The number of rotatable bonds is 5. The average molecular weight is 276 g/mol. The van der Waals surface area contributed by atoms with Crippen LogP contribution in [0.3, 0.4) is 0 Å². The largest absolute Gasteiger partial charge is 0.398 e. The minimum Gasteiger partial charge on any atom is -0.398 e. The van der Waals surface area contributed by atoms with Crippen molar-refractivity contribution in [1.29, 1.82) is 0 Å². The Morgan fingerprint density at radius 3 is 2.59 bits per heavy atom. The molecule has 0 saturated heterocycles. The molecule has 0 aromatic heterocycles. The van der Waals surface area contributed by atoms with Gasteiger partial charge in [-0.05, 0) is 18.2 Å². The smallest absolute Gasteiger partial charge is 0.242 e. The molecular weight excluding hydrogens is 260 g/mol. The Morgan fingerprint density at radius 2 is 2.06 bits per heavy atom. The van der Waals surface area contributed by atoms with Crippen molar-refractivity contribution in [2.24, 2.45) is 0 Å². The molecule has 0 bridgehead atoms. The molecule has 0 radical (unpaired) electrons. The Morgan fingerprint density at radius 1 is 1.41 bits per heavy atom. The number of hydrogen-bond acceptors (Lipinski definition) is 5. The highest BCUT2D eigenvalue weighted by Crippen LogP contribution is 2.28. The first kappa shape index (κ1) is 14.3. The number of sulfonamides is 1. The molecule has 0 aliphatic heterocycles. The zero-order valence-corrected chi connectivity index (χ0v) is 11.4. The van der Waals surface area contributed by atoms with Crippen LogP contribution in [0.15, 0.2) is 28.0 Å². The Balaban J connectivity index is 3.13. The standard InChI is InChI=1S/C10H16N2O3S2/c1-12(2)17(14,15)8-3-4-9(11)10(7-8)16-6-5-13/h3-4,7,13H,5-6,11H2,1-2H3. The van der Waals surface area contributed by atoms with Crippen molar-refractivity contribution in [3.05, 3.63) is 18.2 Å². The van der Waals surface area contributed by atoms with Crippen LogP contribution in [0.1, 0.15) is 0 Å². The molecule has 0 saturated carbocycles. The Labute approximate surface area is 106 Å². The Bertz CT molecular complexity index is 486. The molecule has 0 amide bonds. The van der Waals surface area contributed by atoms with Gasteiger partial charge in [-0.1, -0.05) is 0 Å². The van der Waals surface area contributed by atoms with Gasteiger partial charge in [0.15, 0.2) is 0 Å². The minimum absolute atomic E-state index is 0.0226. The van der Waals surface area contributed by atoms with Gasteiger partial charge in [-0.25, -0.2) is 12.7 Å². The number of nitrogens with zero attached hydrogens (tertiary/aromatic N) is 1. The van der Waals surface area contributed by atoms with Crippen molar-refractivity contribution in [2.75, 3.05) is 32.2 Å². The first-order chi connectivity index (χ1) is 7.89. The Hall–Kier alpha value is -0.760. The summed E-state index contributed by atoms with van der Waals surface area (Å²) in [6.45, 7) is 0.0226. The average Bonchev–Trinajstić information content (AvgIpc) is 2.27. The number of benzene rings is 1. The van der Waals surface area contributed by atoms with E-state index in [0.717, 1.165) is 4.31 Å². The van der Waals surface area contributed by atoms with Crippen LogP contribution in [-0.4, -0.2) is 44.3 Å². The normalized spacial score (nSPS) is 12.0. The highest BCUT2D eigenvalue weighted by molar-refractivity contribution is 7.99. The summed E-state index contributed by atoms with van der Waals surface area (Å²) in [5.74, 6) is 0.482. The first-order valence-corrected chi connectivity index (χ1v) is 7.38. The van der Waals surface area contributed by atoms with Gasteiger partial charge in [-0.2, -0.15) is 0 Å². The number of anilines is 1. The van der Waals surface area contributed by atoms with E-state index < -0.39 is 10.0 Å². The van der Waals surface area contributed by atoms with E-state index in [9.17, 15) is 8.42 Å². The molecule has 7 heteroatoms. The predicted molar refractivity (Wildman–Crippen MR) is 69.5 cm³/mol. The van der Waals surface area contributed by atoms with Gasteiger partial charge in [0.2, 0.25) is 10.0 Å². The van der Waals surface area contributed by atoms with Crippen LogP contribution in [0, 0.1) is 0 Å². The summed E-state index contributed by atoms with van der Waals surface area (Å²) in [6.07, 6.45) is 0. The topological polar surface area (TPSA) is 83.6 Å². The molecule has 0 aliphatic carbocycles. The Kier molecular flexibility index (Phi) is 4.81. The molecule has 0 heterocycles. The summed E-state index contributed by atoms with van der Waals surface area (Å²) in [4.78, 5) is 0.874. The van der Waals surface area contributed by atoms with Gasteiger partial charge in [-0.3, -0.25) is 0 Å². The highest BCUT2D eigenvalue weighted by atomic mass is 32.2. The second-order valence-electron chi connectivity index (χ2n) is 3.56. The minimum atomic E-state index is -3.44. The molecule has 0 spiro atoms. The predicted octanol–water partition coefficient (Wildman–Crippen LogP) is 0.604. The summed E-state index contributed by atoms with van der Waals surface area (Å²) >= 11 is 1.33. The van der Waals surface area contributed by atoms with Crippen molar-refractivity contribution in [3.63, 3.8) is 0 Å². The summed E-state index contributed by atoms with van der Waals surface area (Å²) in [5, 5.41) is 8.75. The molecule has 1 aromatic rings. The summed E-state index contributed by atoms with van der Waals surface area (Å²) in [5.41, 5.74) is 6.25. The van der Waals surface area contributed by atoms with E-state index >= 15 is 0 Å². The molecule has 0 atom stereocenters. The van der Waals surface area contributed by atoms with Crippen LogP contribution < -0.4 is 5.73 Å². The van der Waals surface area contributed by atoms with Crippen molar-refractivity contribution < 1.29 is 13.5 Å². The molecule has 1 rings (SSSR count). The quantitative estimate of drug-likeness (QED) is 0.608. The van der Waals surface area contributed by atoms with E-state index in [-0.39, 0.29) is 11.5 Å². The molecular formula is C10H16N2O3S2. The third-order valence-corrected chi connectivity index (χ3v) is 4.97. The SMILES string of the molecule is CN(C)S(=O)(=O)c1ccc(N)c(SCCO)c1. The molecule has 96 valence electrons. The number of aliphatic hydroxyl groups excluding tert-OH is 1. The first-order valence-electron chi connectivity index (χ1n) is 4.95. The third kappa shape index (κ3) is 3.35. The maximum Gasteiger partial charge on any atom is 0.242 e. The van der Waals surface area contributed by atoms with Crippen LogP contribution in [0.2, 0.25) is 0 Å². The molecule has 1 aromatic carbocycles. The summed E-state index contributed by atoms with van der Waals surface area (Å²) < 4.78 is 24.9. The summed E-state index contributed by atoms with van der Waals surface area (Å²) in [6, 6.07) is 4.58. The molecule has 0 aliphatic rings. The van der Waals surface area contributed by atoms with Gasteiger partial charge in [-0.15, -0.1) is 11.8 Å². The van der Waals surface area contributed by atoms with Crippen LogP contribution in [-0.2, 0) is 10.0 Å². The van der Waals surface area contributed by atoms with E-state index in [1.165, 1.54) is 38.0 Å². The lowest BCUT2D eigenvalue weighted by Crippen LogP contribution is -2.22. The van der Waals surface area contributed by atoms with Gasteiger partial charge in [0, 0.05) is 30.4 Å². The van der Waals surface area contributed by atoms with Gasteiger partial charge < -0.3 is 10.8 Å². The highest BCUT2D eigenvalue weighted by Gasteiger charge is 2.18. The van der Waals surface area contributed by atoms with Crippen LogP contribution in [0.5, 0.6) is 0 Å². The number of nitrogens with two attached hydrogens (primary N) is 1. The van der Waals surface area contributed by atoms with Gasteiger partial charge in [0.25, 0.3) is 0 Å². The van der Waals surface area contributed by atoms with Crippen molar-refractivity contribution in [3.8, 4) is 0 Å². The van der Waals surface area contributed by atoms with Gasteiger partial charge in [0.1, 0.15) is 0 Å². The summed E-state index contributed by atoms with van der Waals surface area (Å²) in [7, 11) is -0.482.